The fraction of sp³-hybridized carbons (Fsp3) is 0.100. The number of hydrogen-bond acceptors (Lipinski definition) is 1. The summed E-state index contributed by atoms with van der Waals surface area (Å²) >= 11 is 0. The number of benzene rings is 9. The summed E-state index contributed by atoms with van der Waals surface area (Å²) in [5, 5.41) is 2.53. The van der Waals surface area contributed by atoms with Crippen LogP contribution in [0.15, 0.2) is 206 Å². The molecule has 1 heterocycles. The van der Waals surface area contributed by atoms with Gasteiger partial charge in [-0.25, -0.2) is 0 Å². The Kier molecular flexibility index (Phi) is 7.96. The summed E-state index contributed by atoms with van der Waals surface area (Å²) in [6, 6.07) is 76.3. The predicted molar refractivity (Wildman–Crippen MR) is 261 cm³/mol. The van der Waals surface area contributed by atoms with Crippen LogP contribution in [0.25, 0.3) is 72.0 Å². The van der Waals surface area contributed by atoms with Gasteiger partial charge in [0.15, 0.2) is 0 Å². The van der Waals surface area contributed by atoms with Crippen LogP contribution < -0.4 is 4.90 Å². The van der Waals surface area contributed by atoms with Crippen LogP contribution >= 0.6 is 0 Å². The van der Waals surface area contributed by atoms with Crippen LogP contribution in [-0.4, -0.2) is 4.57 Å². The third-order valence-electron chi connectivity index (χ3n) is 14.0. The highest BCUT2D eigenvalue weighted by atomic mass is 15.1. The highest BCUT2D eigenvalue weighted by Gasteiger charge is 2.43. The standard InChI is InChI=1S/C60H46N2/c1-59(2)51-20-11-8-17-46(51)49-37-54-50(38-53(49)59)58-52(60(54,3)4)21-14-24-57(58)61(43-31-29-42(30-32-43)41-27-25-40(26-28-41)39-15-6-5-7-16-39)44-33-35-45(36-34-44)62-55-22-12-9-18-47(55)48-19-10-13-23-56(48)62/h5-38H,1-4H3. The maximum atomic E-state index is 2.54. The maximum absolute atomic E-state index is 2.54. The second kappa shape index (κ2) is 13.5. The smallest absolute Gasteiger partial charge is 0.0543 e. The van der Waals surface area contributed by atoms with E-state index in [1.165, 1.54) is 94.3 Å². The summed E-state index contributed by atoms with van der Waals surface area (Å²) in [5.41, 5.74) is 22.5. The van der Waals surface area contributed by atoms with Crippen molar-refractivity contribution in [3.8, 4) is 50.2 Å². The molecule has 0 saturated carbocycles. The summed E-state index contributed by atoms with van der Waals surface area (Å²) in [7, 11) is 0. The maximum Gasteiger partial charge on any atom is 0.0543 e. The molecular weight excluding hydrogens is 749 g/mol. The van der Waals surface area contributed by atoms with E-state index < -0.39 is 0 Å². The minimum atomic E-state index is -0.181. The van der Waals surface area contributed by atoms with Gasteiger partial charge in [-0.1, -0.05) is 167 Å². The average Bonchev–Trinajstić information content (AvgIpc) is 3.86. The van der Waals surface area contributed by atoms with Crippen molar-refractivity contribution in [2.75, 3.05) is 4.90 Å². The SMILES string of the molecule is CC1(C)c2ccccc2-c2cc3c(cc21)-c1c(N(c2ccc(-c4ccc(-c5ccccc5)cc4)cc2)c2ccc(-n4c5ccccc5c5ccccc54)cc2)cccc1C3(C)C. The summed E-state index contributed by atoms with van der Waals surface area (Å²) < 4.78 is 2.40. The molecule has 296 valence electrons. The Morgan fingerprint density at radius 2 is 0.823 bits per heavy atom. The lowest BCUT2D eigenvalue weighted by Gasteiger charge is -2.29. The minimum Gasteiger partial charge on any atom is -0.310 e. The summed E-state index contributed by atoms with van der Waals surface area (Å²) in [5.74, 6) is 0. The number of rotatable bonds is 6. The van der Waals surface area contributed by atoms with Crippen molar-refractivity contribution in [1.29, 1.82) is 0 Å². The van der Waals surface area contributed by atoms with Gasteiger partial charge in [0.25, 0.3) is 0 Å². The number of nitrogens with zero attached hydrogens (tertiary/aromatic N) is 2. The minimum absolute atomic E-state index is 0.0970. The Bertz CT molecular complexity index is 3310. The average molecular weight is 795 g/mol. The van der Waals surface area contributed by atoms with Gasteiger partial charge in [0.2, 0.25) is 0 Å². The van der Waals surface area contributed by atoms with Crippen molar-refractivity contribution in [3.05, 3.63) is 229 Å². The Labute approximate surface area is 364 Å². The zero-order valence-electron chi connectivity index (χ0n) is 35.5. The van der Waals surface area contributed by atoms with E-state index in [0.29, 0.717) is 0 Å². The first kappa shape index (κ1) is 36.4. The van der Waals surface area contributed by atoms with Crippen molar-refractivity contribution in [2.24, 2.45) is 0 Å². The van der Waals surface area contributed by atoms with Crippen molar-refractivity contribution >= 4 is 38.9 Å². The Morgan fingerprint density at radius 3 is 1.47 bits per heavy atom. The van der Waals surface area contributed by atoms with E-state index in [0.717, 1.165) is 17.1 Å². The van der Waals surface area contributed by atoms with Gasteiger partial charge in [-0.3, -0.25) is 0 Å². The predicted octanol–water partition coefficient (Wildman–Crippen LogP) is 16.2. The lowest BCUT2D eigenvalue weighted by Crippen LogP contribution is -2.17. The Morgan fingerprint density at radius 1 is 0.355 bits per heavy atom. The molecule has 0 bridgehead atoms. The van der Waals surface area contributed by atoms with E-state index in [1.54, 1.807) is 0 Å². The quantitative estimate of drug-likeness (QED) is 0.163. The first-order chi connectivity index (χ1) is 30.3. The van der Waals surface area contributed by atoms with Gasteiger partial charge >= 0.3 is 0 Å². The van der Waals surface area contributed by atoms with Gasteiger partial charge in [-0.15, -0.1) is 0 Å². The molecule has 12 rings (SSSR count). The third kappa shape index (κ3) is 5.36. The van der Waals surface area contributed by atoms with Gasteiger partial charge < -0.3 is 9.47 Å². The molecule has 1 aromatic heterocycles. The molecule has 0 aliphatic heterocycles. The molecule has 10 aromatic rings. The van der Waals surface area contributed by atoms with Crippen LogP contribution in [0.2, 0.25) is 0 Å². The molecule has 2 aliphatic carbocycles. The molecule has 0 N–H and O–H groups in total. The van der Waals surface area contributed by atoms with Crippen molar-refractivity contribution in [2.45, 2.75) is 38.5 Å². The highest BCUT2D eigenvalue weighted by molar-refractivity contribution is 6.09. The van der Waals surface area contributed by atoms with Crippen molar-refractivity contribution in [3.63, 3.8) is 0 Å². The monoisotopic (exact) mass is 794 g/mol. The second-order valence-electron chi connectivity index (χ2n) is 18.2. The molecule has 2 heteroatoms. The van der Waals surface area contributed by atoms with Crippen molar-refractivity contribution in [1.82, 2.24) is 4.57 Å². The van der Waals surface area contributed by atoms with Gasteiger partial charge in [0.1, 0.15) is 0 Å². The van der Waals surface area contributed by atoms with Crippen molar-refractivity contribution < 1.29 is 0 Å². The van der Waals surface area contributed by atoms with E-state index >= 15 is 0 Å². The molecular formula is C60H46N2. The zero-order chi connectivity index (χ0) is 41.7. The molecule has 0 unspecified atom stereocenters. The summed E-state index contributed by atoms with van der Waals surface area (Å²) in [6.45, 7) is 9.59. The second-order valence-corrected chi connectivity index (χ2v) is 18.2. The fourth-order valence-electron chi connectivity index (χ4n) is 10.8. The molecule has 0 fully saturated rings. The molecule has 62 heavy (non-hydrogen) atoms. The Balaban J connectivity index is 1.02. The number of fused-ring (bicyclic) bond motifs is 9. The van der Waals surface area contributed by atoms with Crippen LogP contribution in [0.1, 0.15) is 49.9 Å². The number of hydrogen-bond donors (Lipinski definition) is 0. The first-order valence-corrected chi connectivity index (χ1v) is 21.8. The molecule has 9 aromatic carbocycles. The van der Waals surface area contributed by atoms with E-state index in [4.69, 9.17) is 0 Å². The third-order valence-corrected chi connectivity index (χ3v) is 14.0. The van der Waals surface area contributed by atoms with Crippen LogP contribution in [0, 0.1) is 0 Å². The number of aromatic nitrogens is 1. The number of para-hydroxylation sites is 2. The first-order valence-electron chi connectivity index (χ1n) is 21.8. The summed E-state index contributed by atoms with van der Waals surface area (Å²) in [4.78, 5) is 2.48. The van der Waals surface area contributed by atoms with Gasteiger partial charge in [-0.2, -0.15) is 0 Å². The Hall–Kier alpha value is -7.42. The van der Waals surface area contributed by atoms with Crippen LogP contribution in [-0.2, 0) is 10.8 Å². The van der Waals surface area contributed by atoms with Gasteiger partial charge in [0.05, 0.1) is 16.7 Å². The zero-order valence-corrected chi connectivity index (χ0v) is 35.5. The largest absolute Gasteiger partial charge is 0.310 e. The molecule has 0 spiro atoms. The van der Waals surface area contributed by atoms with E-state index in [1.807, 2.05) is 0 Å². The molecule has 2 nitrogen and oxygen atoms in total. The lowest BCUT2D eigenvalue weighted by atomic mass is 9.79. The van der Waals surface area contributed by atoms with Gasteiger partial charge in [-0.05, 0) is 128 Å². The number of anilines is 3. The van der Waals surface area contributed by atoms with E-state index in [-0.39, 0.29) is 10.8 Å². The highest BCUT2D eigenvalue weighted by Crippen LogP contribution is 2.58. The molecule has 0 saturated heterocycles. The van der Waals surface area contributed by atoms with E-state index in [2.05, 4.69) is 243 Å². The van der Waals surface area contributed by atoms with Crippen LogP contribution in [0.5, 0.6) is 0 Å². The van der Waals surface area contributed by atoms with Crippen LogP contribution in [0.4, 0.5) is 17.1 Å². The topological polar surface area (TPSA) is 8.17 Å². The normalized spacial score (nSPS) is 14.1. The fourth-order valence-corrected chi connectivity index (χ4v) is 10.8. The van der Waals surface area contributed by atoms with E-state index in [9.17, 15) is 0 Å². The molecule has 0 radical (unpaired) electrons. The van der Waals surface area contributed by atoms with Crippen LogP contribution in [0.3, 0.4) is 0 Å². The van der Waals surface area contributed by atoms with Gasteiger partial charge in [0, 0.05) is 44.2 Å². The molecule has 2 aliphatic rings. The summed E-state index contributed by atoms with van der Waals surface area (Å²) in [6.07, 6.45) is 0. The molecule has 0 atom stereocenters. The lowest BCUT2D eigenvalue weighted by molar-refractivity contribution is 0.652. The molecule has 0 amide bonds.